The van der Waals surface area contributed by atoms with Crippen molar-refractivity contribution in [1.29, 1.82) is 0 Å². The average molecular weight is 276 g/mol. The first kappa shape index (κ1) is 12.7. The average Bonchev–Trinajstić information content (AvgIpc) is 3.03. The van der Waals surface area contributed by atoms with Gasteiger partial charge >= 0.3 is 0 Å². The zero-order chi connectivity index (χ0) is 13.2. The molecule has 3 heteroatoms. The molecule has 2 aliphatic carbocycles. The fourth-order valence-electron chi connectivity index (χ4n) is 3.19. The Labute approximate surface area is 118 Å². The van der Waals surface area contributed by atoms with E-state index in [0.29, 0.717) is 16.9 Å². The van der Waals surface area contributed by atoms with Crippen LogP contribution in [0.1, 0.15) is 25.7 Å². The molecule has 1 amide bonds. The molecular formula is C16H18ClNO. The number of carbonyl (C=O) groups excluding carboxylic acids is 1. The Bertz CT molecular complexity index is 478. The molecule has 3 rings (SSSR count). The molecule has 0 radical (unpaired) electrons. The Balaban J connectivity index is 1.61. The number of allylic oxidation sites excluding steroid dienone is 2. The summed E-state index contributed by atoms with van der Waals surface area (Å²) in [5, 5.41) is 3.70. The van der Waals surface area contributed by atoms with Gasteiger partial charge in [0.2, 0.25) is 5.91 Å². The van der Waals surface area contributed by atoms with E-state index in [1.165, 1.54) is 0 Å². The van der Waals surface area contributed by atoms with Gasteiger partial charge < -0.3 is 5.32 Å². The third-order valence-electron chi connectivity index (χ3n) is 4.25. The van der Waals surface area contributed by atoms with Gasteiger partial charge in [0.25, 0.3) is 0 Å². The lowest BCUT2D eigenvalue weighted by atomic mass is 10.1. The smallest absolute Gasteiger partial charge is 0.228 e. The van der Waals surface area contributed by atoms with Crippen LogP contribution in [0.4, 0.5) is 5.69 Å². The number of anilines is 1. The summed E-state index contributed by atoms with van der Waals surface area (Å²) in [5.74, 6) is 1.59. The summed E-state index contributed by atoms with van der Waals surface area (Å²) in [7, 11) is 0. The van der Waals surface area contributed by atoms with Crippen molar-refractivity contribution in [2.75, 3.05) is 5.32 Å². The minimum atomic E-state index is 0.180. The van der Waals surface area contributed by atoms with Crippen LogP contribution in [0.2, 0.25) is 5.02 Å². The minimum Gasteiger partial charge on any atom is -0.326 e. The van der Waals surface area contributed by atoms with E-state index in [1.807, 2.05) is 12.1 Å². The minimum absolute atomic E-state index is 0.180. The third kappa shape index (κ3) is 2.84. The second-order valence-electron chi connectivity index (χ2n) is 5.48. The van der Waals surface area contributed by atoms with Gasteiger partial charge in [-0.3, -0.25) is 4.79 Å². The molecule has 1 aromatic rings. The molecule has 2 atom stereocenters. The lowest BCUT2D eigenvalue weighted by Gasteiger charge is -2.04. The highest BCUT2D eigenvalue weighted by molar-refractivity contribution is 6.30. The number of hydrogen-bond donors (Lipinski definition) is 1. The Kier molecular flexibility index (Phi) is 3.61. The SMILES string of the molecule is O=C(Nc1ccc(Cl)cc1)C1[C@@H]2CCC=CCC[C@@H]12. The monoisotopic (exact) mass is 275 g/mol. The molecule has 0 unspecified atom stereocenters. The molecule has 1 N–H and O–H groups in total. The van der Waals surface area contributed by atoms with Crippen LogP contribution >= 0.6 is 11.6 Å². The predicted molar refractivity (Wildman–Crippen MR) is 78.2 cm³/mol. The van der Waals surface area contributed by atoms with Crippen molar-refractivity contribution in [2.45, 2.75) is 25.7 Å². The summed E-state index contributed by atoms with van der Waals surface area (Å²) in [4.78, 5) is 12.3. The summed E-state index contributed by atoms with van der Waals surface area (Å²) in [6.45, 7) is 0. The van der Waals surface area contributed by atoms with Crippen LogP contribution in [0.3, 0.4) is 0 Å². The number of nitrogens with one attached hydrogen (secondary N) is 1. The van der Waals surface area contributed by atoms with E-state index >= 15 is 0 Å². The third-order valence-corrected chi connectivity index (χ3v) is 4.50. The van der Waals surface area contributed by atoms with Gasteiger partial charge in [-0.1, -0.05) is 23.8 Å². The summed E-state index contributed by atoms with van der Waals surface area (Å²) in [6.07, 6.45) is 9.04. The van der Waals surface area contributed by atoms with Crippen LogP contribution < -0.4 is 5.32 Å². The zero-order valence-electron chi connectivity index (χ0n) is 10.8. The van der Waals surface area contributed by atoms with Gasteiger partial charge in [0.1, 0.15) is 0 Å². The zero-order valence-corrected chi connectivity index (χ0v) is 11.6. The molecule has 1 saturated carbocycles. The van der Waals surface area contributed by atoms with Crippen molar-refractivity contribution in [3.8, 4) is 0 Å². The molecule has 0 aliphatic heterocycles. The maximum absolute atomic E-state index is 12.3. The number of amides is 1. The summed E-state index contributed by atoms with van der Waals surface area (Å²) in [6, 6.07) is 7.31. The van der Waals surface area contributed by atoms with E-state index in [0.717, 1.165) is 31.4 Å². The Morgan fingerprint density at radius 1 is 1.05 bits per heavy atom. The molecule has 2 aliphatic rings. The van der Waals surface area contributed by atoms with Crippen molar-refractivity contribution in [1.82, 2.24) is 0 Å². The molecule has 0 spiro atoms. The van der Waals surface area contributed by atoms with Crippen LogP contribution in [0.25, 0.3) is 0 Å². The van der Waals surface area contributed by atoms with E-state index in [2.05, 4.69) is 17.5 Å². The van der Waals surface area contributed by atoms with Gasteiger partial charge in [-0.05, 0) is 61.8 Å². The molecule has 19 heavy (non-hydrogen) atoms. The van der Waals surface area contributed by atoms with Gasteiger partial charge in [-0.15, -0.1) is 0 Å². The number of rotatable bonds is 2. The quantitative estimate of drug-likeness (QED) is 0.803. The standard InChI is InChI=1S/C16H18ClNO/c17-11-7-9-12(10-8-11)18-16(19)15-13-5-3-1-2-4-6-14(13)15/h1-2,7-10,13-15H,3-6H2,(H,18,19)/t13-,14-/m1/s1. The second-order valence-corrected chi connectivity index (χ2v) is 5.91. The molecule has 0 heterocycles. The van der Waals surface area contributed by atoms with E-state index in [-0.39, 0.29) is 11.8 Å². The van der Waals surface area contributed by atoms with Gasteiger partial charge in [0, 0.05) is 16.6 Å². The fraction of sp³-hybridized carbons (Fsp3) is 0.438. The fourth-order valence-corrected chi connectivity index (χ4v) is 3.32. The van der Waals surface area contributed by atoms with E-state index in [4.69, 9.17) is 11.6 Å². The first-order valence-corrected chi connectivity index (χ1v) is 7.35. The van der Waals surface area contributed by atoms with Crippen LogP contribution in [0.15, 0.2) is 36.4 Å². The first-order valence-electron chi connectivity index (χ1n) is 6.97. The molecular weight excluding hydrogens is 258 g/mol. The first-order chi connectivity index (χ1) is 9.25. The molecule has 0 saturated heterocycles. The Hall–Kier alpha value is -1.28. The van der Waals surface area contributed by atoms with Gasteiger partial charge in [-0.2, -0.15) is 0 Å². The number of hydrogen-bond acceptors (Lipinski definition) is 1. The molecule has 1 fully saturated rings. The largest absolute Gasteiger partial charge is 0.326 e. The van der Waals surface area contributed by atoms with Crippen molar-refractivity contribution < 1.29 is 4.79 Å². The number of fused-ring (bicyclic) bond motifs is 1. The number of halogens is 1. The van der Waals surface area contributed by atoms with Crippen LogP contribution in [0, 0.1) is 17.8 Å². The number of carbonyl (C=O) groups is 1. The van der Waals surface area contributed by atoms with Crippen molar-refractivity contribution in [3.63, 3.8) is 0 Å². The highest BCUT2D eigenvalue weighted by atomic mass is 35.5. The van der Waals surface area contributed by atoms with Gasteiger partial charge in [0.05, 0.1) is 0 Å². The normalized spacial score (nSPS) is 29.0. The van der Waals surface area contributed by atoms with E-state index < -0.39 is 0 Å². The van der Waals surface area contributed by atoms with Crippen LogP contribution in [-0.2, 0) is 4.79 Å². The second kappa shape index (κ2) is 5.38. The summed E-state index contributed by atoms with van der Waals surface area (Å²) < 4.78 is 0. The highest BCUT2D eigenvalue weighted by Crippen LogP contribution is 2.53. The summed E-state index contributed by atoms with van der Waals surface area (Å²) in [5.41, 5.74) is 0.840. The van der Waals surface area contributed by atoms with Gasteiger partial charge in [-0.25, -0.2) is 0 Å². The van der Waals surface area contributed by atoms with E-state index in [1.54, 1.807) is 12.1 Å². The van der Waals surface area contributed by atoms with Crippen molar-refractivity contribution in [3.05, 3.63) is 41.4 Å². The predicted octanol–water partition coefficient (Wildman–Crippen LogP) is 4.27. The molecule has 1 aromatic carbocycles. The topological polar surface area (TPSA) is 29.1 Å². The maximum atomic E-state index is 12.3. The van der Waals surface area contributed by atoms with Crippen molar-refractivity contribution in [2.24, 2.45) is 17.8 Å². The Morgan fingerprint density at radius 2 is 1.63 bits per heavy atom. The Morgan fingerprint density at radius 3 is 2.21 bits per heavy atom. The molecule has 0 aromatic heterocycles. The lowest BCUT2D eigenvalue weighted by molar-refractivity contribution is -0.117. The van der Waals surface area contributed by atoms with Crippen molar-refractivity contribution >= 4 is 23.2 Å². The van der Waals surface area contributed by atoms with Gasteiger partial charge in [0.15, 0.2) is 0 Å². The molecule has 0 bridgehead atoms. The van der Waals surface area contributed by atoms with Crippen LogP contribution in [0.5, 0.6) is 0 Å². The summed E-state index contributed by atoms with van der Waals surface area (Å²) >= 11 is 5.84. The maximum Gasteiger partial charge on any atom is 0.228 e. The van der Waals surface area contributed by atoms with E-state index in [9.17, 15) is 4.79 Å². The molecule has 100 valence electrons. The lowest BCUT2D eigenvalue weighted by Crippen LogP contribution is -2.15. The molecule has 2 nitrogen and oxygen atoms in total. The highest BCUT2D eigenvalue weighted by Gasteiger charge is 2.53. The van der Waals surface area contributed by atoms with Crippen LogP contribution in [-0.4, -0.2) is 5.91 Å². The number of benzene rings is 1.